The van der Waals surface area contributed by atoms with Crippen molar-refractivity contribution in [1.29, 1.82) is 0 Å². The molecule has 0 spiro atoms. The van der Waals surface area contributed by atoms with Gasteiger partial charge in [0.1, 0.15) is 0 Å². The van der Waals surface area contributed by atoms with E-state index in [9.17, 15) is 4.91 Å². The molecule has 0 amide bonds. The monoisotopic (exact) mass is 174 g/mol. The Morgan fingerprint density at radius 3 is 2.92 bits per heavy atom. The van der Waals surface area contributed by atoms with Crippen LogP contribution in [-0.4, -0.2) is 5.66 Å². The van der Waals surface area contributed by atoms with Crippen molar-refractivity contribution in [3.63, 3.8) is 0 Å². The molecule has 2 N–H and O–H groups in total. The van der Waals surface area contributed by atoms with Crippen LogP contribution in [-0.2, 0) is 6.42 Å². The van der Waals surface area contributed by atoms with Crippen molar-refractivity contribution in [2.24, 2.45) is 10.9 Å². The molecule has 1 atom stereocenters. The fraction of sp³-hybridized carbons (Fsp3) is 0.200. The molecular weight excluding hydrogens is 164 g/mol. The molecule has 0 fully saturated rings. The zero-order valence-corrected chi connectivity index (χ0v) is 7.10. The molecule has 0 saturated carbocycles. The maximum atomic E-state index is 10.5. The van der Waals surface area contributed by atoms with Crippen molar-refractivity contribution in [2.45, 2.75) is 12.1 Å². The largest absolute Gasteiger partial charge is 0.301 e. The number of rotatable bonds is 1. The third-order valence-electron chi connectivity index (χ3n) is 2.25. The molecule has 1 aliphatic carbocycles. The van der Waals surface area contributed by atoms with Gasteiger partial charge in [0.25, 0.3) is 0 Å². The van der Waals surface area contributed by atoms with Crippen molar-refractivity contribution in [3.05, 3.63) is 46.4 Å². The maximum Gasteiger partial charge on any atom is 0.173 e. The third kappa shape index (κ3) is 1.38. The van der Waals surface area contributed by atoms with Crippen LogP contribution in [0.2, 0.25) is 0 Å². The summed E-state index contributed by atoms with van der Waals surface area (Å²) in [5.41, 5.74) is 6.85. The summed E-state index contributed by atoms with van der Waals surface area (Å²) in [7, 11) is 0. The highest BCUT2D eigenvalue weighted by atomic mass is 16.3. The molecule has 3 heteroatoms. The highest BCUT2D eigenvalue weighted by Crippen LogP contribution is 2.24. The number of nitrogens with two attached hydrogens (primary N) is 1. The minimum absolute atomic E-state index is 0.489. The predicted octanol–water partition coefficient (Wildman–Crippen LogP) is 1.68. The van der Waals surface area contributed by atoms with Crippen LogP contribution in [0.5, 0.6) is 0 Å². The van der Waals surface area contributed by atoms with Gasteiger partial charge < -0.3 is 5.73 Å². The van der Waals surface area contributed by atoms with Gasteiger partial charge in [-0.1, -0.05) is 30.3 Å². The van der Waals surface area contributed by atoms with Crippen molar-refractivity contribution < 1.29 is 0 Å². The Morgan fingerprint density at radius 1 is 1.38 bits per heavy atom. The van der Waals surface area contributed by atoms with Crippen molar-refractivity contribution >= 4 is 6.08 Å². The van der Waals surface area contributed by atoms with Gasteiger partial charge in [-0.25, -0.2) is 0 Å². The van der Waals surface area contributed by atoms with Crippen molar-refractivity contribution in [1.82, 2.24) is 0 Å². The van der Waals surface area contributed by atoms with E-state index in [1.165, 1.54) is 0 Å². The summed E-state index contributed by atoms with van der Waals surface area (Å²) < 4.78 is 0. The minimum Gasteiger partial charge on any atom is -0.301 e. The highest BCUT2D eigenvalue weighted by molar-refractivity contribution is 5.58. The van der Waals surface area contributed by atoms with Crippen molar-refractivity contribution in [3.8, 4) is 0 Å². The highest BCUT2D eigenvalue weighted by Gasteiger charge is 2.26. The molecule has 0 heterocycles. The lowest BCUT2D eigenvalue weighted by Crippen LogP contribution is -2.38. The lowest BCUT2D eigenvalue weighted by atomic mass is 9.91. The average Bonchev–Trinajstić information content (AvgIpc) is 2.18. The molecule has 2 rings (SSSR count). The summed E-state index contributed by atoms with van der Waals surface area (Å²) in [6.07, 6.45) is 3.99. The predicted molar refractivity (Wildman–Crippen MR) is 51.9 cm³/mol. The Kier molecular flexibility index (Phi) is 1.74. The molecule has 3 nitrogen and oxygen atoms in total. The number of nitroso groups, excluding NO2 is 1. The molecule has 66 valence electrons. The Hall–Kier alpha value is -1.48. The second-order valence-corrected chi connectivity index (χ2v) is 3.29. The lowest BCUT2D eigenvalue weighted by molar-refractivity contribution is 0.545. The number of fused-ring (bicyclic) bond motifs is 1. The summed E-state index contributed by atoms with van der Waals surface area (Å²) >= 11 is 0. The molecule has 0 saturated heterocycles. The first-order chi connectivity index (χ1) is 6.23. The molecule has 1 aromatic carbocycles. The van der Waals surface area contributed by atoms with Gasteiger partial charge in [-0.15, -0.1) is 4.91 Å². The van der Waals surface area contributed by atoms with E-state index in [2.05, 4.69) is 5.18 Å². The fourth-order valence-electron chi connectivity index (χ4n) is 1.52. The van der Waals surface area contributed by atoms with Gasteiger partial charge in [-0.05, 0) is 22.4 Å². The van der Waals surface area contributed by atoms with E-state index in [0.717, 1.165) is 11.1 Å². The van der Waals surface area contributed by atoms with Gasteiger partial charge in [-0.3, -0.25) is 0 Å². The lowest BCUT2D eigenvalue weighted by Gasteiger charge is -2.22. The number of benzene rings is 1. The van der Waals surface area contributed by atoms with E-state index in [-0.39, 0.29) is 0 Å². The zero-order valence-electron chi connectivity index (χ0n) is 7.10. The number of hydrogen-bond acceptors (Lipinski definition) is 3. The smallest absolute Gasteiger partial charge is 0.173 e. The molecule has 1 aromatic rings. The second-order valence-electron chi connectivity index (χ2n) is 3.29. The zero-order chi connectivity index (χ0) is 9.31. The Morgan fingerprint density at radius 2 is 2.15 bits per heavy atom. The van der Waals surface area contributed by atoms with E-state index in [4.69, 9.17) is 5.73 Å². The second kappa shape index (κ2) is 2.78. The van der Waals surface area contributed by atoms with Gasteiger partial charge in [0, 0.05) is 6.42 Å². The Balaban J connectivity index is 2.44. The summed E-state index contributed by atoms with van der Waals surface area (Å²) in [5.74, 6) is 0. The number of nitrogens with zero attached hydrogens (tertiary/aromatic N) is 1. The quantitative estimate of drug-likeness (QED) is 0.658. The van der Waals surface area contributed by atoms with Gasteiger partial charge in [0.05, 0.1) is 0 Å². The molecule has 1 aliphatic rings. The van der Waals surface area contributed by atoms with Crippen LogP contribution >= 0.6 is 0 Å². The molecule has 0 aromatic heterocycles. The van der Waals surface area contributed by atoms with Gasteiger partial charge in [0.15, 0.2) is 5.66 Å². The van der Waals surface area contributed by atoms with E-state index in [1.807, 2.05) is 30.3 Å². The molecule has 0 bridgehead atoms. The average molecular weight is 174 g/mol. The van der Waals surface area contributed by atoms with Crippen LogP contribution in [0.15, 0.2) is 35.5 Å². The number of hydrogen-bond donors (Lipinski definition) is 1. The third-order valence-corrected chi connectivity index (χ3v) is 2.25. The van der Waals surface area contributed by atoms with E-state index < -0.39 is 5.66 Å². The summed E-state index contributed by atoms with van der Waals surface area (Å²) in [4.78, 5) is 10.5. The van der Waals surface area contributed by atoms with Crippen LogP contribution in [0.25, 0.3) is 6.08 Å². The van der Waals surface area contributed by atoms with Gasteiger partial charge in [-0.2, -0.15) is 0 Å². The standard InChI is InChI=1S/C10H10N2O/c11-10(12-13)6-5-8-3-1-2-4-9(8)7-10/h1-6H,7,11H2. The Bertz CT molecular complexity index is 373. The SMILES string of the molecule is NC1(N=O)C=Cc2ccccc2C1. The van der Waals surface area contributed by atoms with E-state index in [0.29, 0.717) is 6.42 Å². The first-order valence-electron chi connectivity index (χ1n) is 4.14. The van der Waals surface area contributed by atoms with Crippen LogP contribution in [0.1, 0.15) is 11.1 Å². The summed E-state index contributed by atoms with van der Waals surface area (Å²) in [6.45, 7) is 0. The fourth-order valence-corrected chi connectivity index (χ4v) is 1.52. The van der Waals surface area contributed by atoms with E-state index >= 15 is 0 Å². The topological polar surface area (TPSA) is 55.4 Å². The normalized spacial score (nSPS) is 25.3. The summed E-state index contributed by atoms with van der Waals surface area (Å²) in [5, 5.41) is 2.92. The van der Waals surface area contributed by atoms with Gasteiger partial charge >= 0.3 is 0 Å². The minimum atomic E-state index is -1.05. The van der Waals surface area contributed by atoms with Crippen LogP contribution in [0, 0.1) is 4.91 Å². The molecule has 1 unspecified atom stereocenters. The van der Waals surface area contributed by atoms with E-state index in [1.54, 1.807) is 6.08 Å². The summed E-state index contributed by atoms with van der Waals surface area (Å²) in [6, 6.07) is 7.85. The van der Waals surface area contributed by atoms with Gasteiger partial charge in [0.2, 0.25) is 0 Å². The first-order valence-corrected chi connectivity index (χ1v) is 4.14. The molecule has 0 radical (unpaired) electrons. The first kappa shape index (κ1) is 8.13. The maximum absolute atomic E-state index is 10.5. The molecule has 13 heavy (non-hydrogen) atoms. The molecule has 0 aliphatic heterocycles. The Labute approximate surface area is 76.2 Å². The van der Waals surface area contributed by atoms with Crippen molar-refractivity contribution in [2.75, 3.05) is 0 Å². The van der Waals surface area contributed by atoms with Crippen LogP contribution in [0.4, 0.5) is 0 Å². The van der Waals surface area contributed by atoms with Crippen LogP contribution in [0.3, 0.4) is 0 Å². The molecular formula is C10H10N2O. The van der Waals surface area contributed by atoms with Crippen LogP contribution < -0.4 is 5.73 Å².